The predicted octanol–water partition coefficient (Wildman–Crippen LogP) is -0.208. The zero-order chi connectivity index (χ0) is 8.27. The second-order valence-corrected chi connectivity index (χ2v) is 2.56. The van der Waals surface area contributed by atoms with Crippen molar-refractivity contribution in [2.75, 3.05) is 26.3 Å². The molecule has 11 heavy (non-hydrogen) atoms. The number of aliphatic carboxylic acids is 1. The number of hydrogen-bond donors (Lipinski definition) is 1. The SMILES string of the molecule is CCN1CCOC[C@H]1C(=O)O. The Morgan fingerprint density at radius 3 is 3.00 bits per heavy atom. The molecular formula is C7H13NO3. The van der Waals surface area contributed by atoms with Crippen LogP contribution in [0.25, 0.3) is 0 Å². The number of carboxylic acid groups (broad SMARTS) is 1. The maximum atomic E-state index is 10.6. The molecule has 0 amide bonds. The highest BCUT2D eigenvalue weighted by atomic mass is 16.5. The summed E-state index contributed by atoms with van der Waals surface area (Å²) in [5.41, 5.74) is 0. The van der Waals surface area contributed by atoms with Gasteiger partial charge in [-0.25, -0.2) is 0 Å². The highest BCUT2D eigenvalue weighted by Gasteiger charge is 2.27. The van der Waals surface area contributed by atoms with Crippen LogP contribution in [-0.4, -0.2) is 48.3 Å². The normalized spacial score (nSPS) is 26.8. The molecule has 0 bridgehead atoms. The van der Waals surface area contributed by atoms with Crippen molar-refractivity contribution in [3.8, 4) is 0 Å². The summed E-state index contributed by atoms with van der Waals surface area (Å²) >= 11 is 0. The molecule has 0 aliphatic carbocycles. The molecule has 0 aromatic rings. The molecule has 1 N–H and O–H groups in total. The molecule has 1 atom stereocenters. The molecule has 4 nitrogen and oxygen atoms in total. The Kier molecular flexibility index (Phi) is 2.84. The Labute approximate surface area is 65.8 Å². The molecular weight excluding hydrogens is 146 g/mol. The fourth-order valence-corrected chi connectivity index (χ4v) is 1.24. The van der Waals surface area contributed by atoms with E-state index in [2.05, 4.69) is 0 Å². The van der Waals surface area contributed by atoms with E-state index in [-0.39, 0.29) is 0 Å². The minimum absolute atomic E-state index is 0.323. The Morgan fingerprint density at radius 1 is 1.82 bits per heavy atom. The fraction of sp³-hybridized carbons (Fsp3) is 0.857. The lowest BCUT2D eigenvalue weighted by atomic mass is 10.2. The molecule has 1 saturated heterocycles. The van der Waals surface area contributed by atoms with E-state index >= 15 is 0 Å². The highest BCUT2D eigenvalue weighted by Crippen LogP contribution is 2.05. The summed E-state index contributed by atoms with van der Waals surface area (Å²) in [7, 11) is 0. The number of rotatable bonds is 2. The molecule has 1 heterocycles. The van der Waals surface area contributed by atoms with Crippen molar-refractivity contribution >= 4 is 5.97 Å². The maximum absolute atomic E-state index is 10.6. The van der Waals surface area contributed by atoms with Gasteiger partial charge in [0.2, 0.25) is 0 Å². The van der Waals surface area contributed by atoms with Crippen molar-refractivity contribution in [2.24, 2.45) is 0 Å². The average Bonchev–Trinajstić information content (AvgIpc) is 2.04. The lowest BCUT2D eigenvalue weighted by Gasteiger charge is -2.31. The first-order chi connectivity index (χ1) is 5.25. The van der Waals surface area contributed by atoms with Gasteiger partial charge in [0.25, 0.3) is 0 Å². The second kappa shape index (κ2) is 3.69. The lowest BCUT2D eigenvalue weighted by Crippen LogP contribution is -2.49. The van der Waals surface area contributed by atoms with Crippen molar-refractivity contribution in [3.05, 3.63) is 0 Å². The van der Waals surface area contributed by atoms with Gasteiger partial charge < -0.3 is 9.84 Å². The maximum Gasteiger partial charge on any atom is 0.323 e. The molecule has 4 heteroatoms. The van der Waals surface area contributed by atoms with Crippen molar-refractivity contribution in [2.45, 2.75) is 13.0 Å². The van der Waals surface area contributed by atoms with Crippen LogP contribution in [0.5, 0.6) is 0 Å². The van der Waals surface area contributed by atoms with Crippen LogP contribution in [0.1, 0.15) is 6.92 Å². The van der Waals surface area contributed by atoms with Crippen molar-refractivity contribution in [3.63, 3.8) is 0 Å². The van der Waals surface area contributed by atoms with Crippen LogP contribution in [0.3, 0.4) is 0 Å². The summed E-state index contributed by atoms with van der Waals surface area (Å²) in [6.07, 6.45) is 0. The Bertz CT molecular complexity index is 149. The molecule has 0 radical (unpaired) electrons. The Balaban J connectivity index is 2.51. The predicted molar refractivity (Wildman–Crippen MR) is 39.5 cm³/mol. The number of carbonyl (C=O) groups is 1. The quantitative estimate of drug-likeness (QED) is 0.605. The monoisotopic (exact) mass is 159 g/mol. The molecule has 64 valence electrons. The van der Waals surface area contributed by atoms with Gasteiger partial charge in [-0.15, -0.1) is 0 Å². The number of likely N-dealkylation sites (N-methyl/N-ethyl adjacent to an activating group) is 1. The van der Waals surface area contributed by atoms with Crippen LogP contribution in [0.2, 0.25) is 0 Å². The van der Waals surface area contributed by atoms with Crippen molar-refractivity contribution in [1.82, 2.24) is 4.90 Å². The molecule has 1 fully saturated rings. The smallest absolute Gasteiger partial charge is 0.323 e. The van der Waals surface area contributed by atoms with E-state index in [0.717, 1.165) is 13.1 Å². The largest absolute Gasteiger partial charge is 0.480 e. The first kappa shape index (κ1) is 8.49. The molecule has 0 spiro atoms. The van der Waals surface area contributed by atoms with E-state index in [1.807, 2.05) is 11.8 Å². The van der Waals surface area contributed by atoms with E-state index in [0.29, 0.717) is 13.2 Å². The van der Waals surface area contributed by atoms with Crippen LogP contribution in [-0.2, 0) is 9.53 Å². The number of ether oxygens (including phenoxy) is 1. The van der Waals surface area contributed by atoms with Gasteiger partial charge in [0.05, 0.1) is 13.2 Å². The fourth-order valence-electron chi connectivity index (χ4n) is 1.24. The topological polar surface area (TPSA) is 49.8 Å². The van der Waals surface area contributed by atoms with Crippen molar-refractivity contribution < 1.29 is 14.6 Å². The van der Waals surface area contributed by atoms with Crippen LogP contribution in [0.4, 0.5) is 0 Å². The Morgan fingerprint density at radius 2 is 2.55 bits per heavy atom. The first-order valence-corrected chi connectivity index (χ1v) is 3.80. The molecule has 0 aromatic heterocycles. The number of morpholine rings is 1. The molecule has 0 unspecified atom stereocenters. The van der Waals surface area contributed by atoms with E-state index in [1.54, 1.807) is 0 Å². The summed E-state index contributed by atoms with van der Waals surface area (Å²) < 4.78 is 5.05. The third kappa shape index (κ3) is 1.91. The molecule has 0 aromatic carbocycles. The van der Waals surface area contributed by atoms with E-state index < -0.39 is 12.0 Å². The third-order valence-electron chi connectivity index (χ3n) is 1.93. The minimum atomic E-state index is -0.786. The molecule has 1 aliphatic rings. The van der Waals surface area contributed by atoms with Crippen LogP contribution in [0, 0.1) is 0 Å². The summed E-state index contributed by atoms with van der Waals surface area (Å²) in [6.45, 7) is 4.44. The number of carboxylic acids is 1. The first-order valence-electron chi connectivity index (χ1n) is 3.80. The standard InChI is InChI=1S/C7H13NO3/c1-2-8-3-4-11-5-6(8)7(9)10/h6H,2-5H2,1H3,(H,9,10)/t6-/m0/s1. The van der Waals surface area contributed by atoms with Gasteiger partial charge in [-0.05, 0) is 6.54 Å². The van der Waals surface area contributed by atoms with E-state index in [9.17, 15) is 4.79 Å². The van der Waals surface area contributed by atoms with Gasteiger partial charge in [-0.2, -0.15) is 0 Å². The molecule has 0 saturated carbocycles. The molecule has 1 aliphatic heterocycles. The van der Waals surface area contributed by atoms with Gasteiger partial charge >= 0.3 is 5.97 Å². The van der Waals surface area contributed by atoms with Gasteiger partial charge in [0, 0.05) is 6.54 Å². The average molecular weight is 159 g/mol. The van der Waals surface area contributed by atoms with E-state index in [1.165, 1.54) is 0 Å². The number of hydrogen-bond acceptors (Lipinski definition) is 3. The van der Waals surface area contributed by atoms with E-state index in [4.69, 9.17) is 9.84 Å². The van der Waals surface area contributed by atoms with Gasteiger partial charge in [-0.1, -0.05) is 6.92 Å². The Hall–Kier alpha value is -0.610. The highest BCUT2D eigenvalue weighted by molar-refractivity contribution is 5.73. The van der Waals surface area contributed by atoms with Crippen LogP contribution >= 0.6 is 0 Å². The van der Waals surface area contributed by atoms with Gasteiger partial charge in [-0.3, -0.25) is 9.69 Å². The second-order valence-electron chi connectivity index (χ2n) is 2.56. The lowest BCUT2D eigenvalue weighted by molar-refractivity contribution is -0.149. The summed E-state index contributed by atoms with van der Waals surface area (Å²) in [5.74, 6) is -0.786. The van der Waals surface area contributed by atoms with Gasteiger partial charge in [0.15, 0.2) is 0 Å². The third-order valence-corrected chi connectivity index (χ3v) is 1.93. The molecule has 1 rings (SSSR count). The van der Waals surface area contributed by atoms with Crippen LogP contribution < -0.4 is 0 Å². The van der Waals surface area contributed by atoms with Crippen molar-refractivity contribution in [1.29, 1.82) is 0 Å². The minimum Gasteiger partial charge on any atom is -0.480 e. The van der Waals surface area contributed by atoms with Crippen LogP contribution in [0.15, 0.2) is 0 Å². The summed E-state index contributed by atoms with van der Waals surface area (Å²) in [4.78, 5) is 12.5. The van der Waals surface area contributed by atoms with Gasteiger partial charge in [0.1, 0.15) is 6.04 Å². The zero-order valence-electron chi connectivity index (χ0n) is 6.62. The summed E-state index contributed by atoms with van der Waals surface area (Å²) in [5, 5.41) is 8.72. The zero-order valence-corrected chi connectivity index (χ0v) is 6.62. The summed E-state index contributed by atoms with van der Waals surface area (Å²) in [6, 6.07) is -0.436. The number of nitrogens with zero attached hydrogens (tertiary/aromatic N) is 1.